The number of sulfone groups is 1. The molecule has 1 saturated carbocycles. The van der Waals surface area contributed by atoms with Gasteiger partial charge in [-0.15, -0.1) is 0 Å². The van der Waals surface area contributed by atoms with Crippen LogP contribution in [0.1, 0.15) is 56.3 Å². The van der Waals surface area contributed by atoms with Crippen molar-refractivity contribution in [3.8, 4) is 5.75 Å². The first-order valence-corrected chi connectivity index (χ1v) is 10.7. The van der Waals surface area contributed by atoms with Crippen molar-refractivity contribution in [3.63, 3.8) is 0 Å². The molecule has 1 amide bonds. The molecule has 0 heterocycles. The Kier molecular flexibility index (Phi) is 6.14. The quantitative estimate of drug-likeness (QED) is 0.836. The second-order valence-electron chi connectivity index (χ2n) is 7.64. The minimum Gasteiger partial charge on any atom is -0.496 e. The van der Waals surface area contributed by atoms with Crippen molar-refractivity contribution >= 4 is 15.7 Å². The standard InChI is InChI=1S/C19H29NO4S/c1-19(2,14-8-6-5-7-9-14)13-20-18(21)16-12-15(25(4,22)23)10-11-17(16)24-3/h10-12,14H,5-9,13H2,1-4H3,(H,20,21). The van der Waals surface area contributed by atoms with Crippen molar-refractivity contribution < 1.29 is 17.9 Å². The Morgan fingerprint density at radius 1 is 1.24 bits per heavy atom. The highest BCUT2D eigenvalue weighted by molar-refractivity contribution is 7.90. The molecule has 1 aliphatic rings. The maximum Gasteiger partial charge on any atom is 0.255 e. The van der Waals surface area contributed by atoms with Crippen LogP contribution in [0.4, 0.5) is 0 Å². The van der Waals surface area contributed by atoms with Crippen molar-refractivity contribution in [2.24, 2.45) is 11.3 Å². The summed E-state index contributed by atoms with van der Waals surface area (Å²) in [5.41, 5.74) is 0.266. The van der Waals surface area contributed by atoms with Crippen molar-refractivity contribution in [2.75, 3.05) is 19.9 Å². The van der Waals surface area contributed by atoms with E-state index in [0.717, 1.165) is 6.26 Å². The zero-order valence-electron chi connectivity index (χ0n) is 15.6. The largest absolute Gasteiger partial charge is 0.496 e. The molecule has 0 atom stereocenters. The van der Waals surface area contributed by atoms with Gasteiger partial charge >= 0.3 is 0 Å². The fraction of sp³-hybridized carbons (Fsp3) is 0.632. The van der Waals surface area contributed by atoms with Gasteiger partial charge in [-0.25, -0.2) is 8.42 Å². The third-order valence-electron chi connectivity index (χ3n) is 5.26. The molecule has 0 saturated heterocycles. The number of carbonyl (C=O) groups is 1. The molecule has 140 valence electrons. The summed E-state index contributed by atoms with van der Waals surface area (Å²) in [4.78, 5) is 12.8. The zero-order chi connectivity index (χ0) is 18.7. The molecule has 5 nitrogen and oxygen atoms in total. The van der Waals surface area contributed by atoms with Gasteiger partial charge in [-0.3, -0.25) is 4.79 Å². The van der Waals surface area contributed by atoms with Crippen LogP contribution >= 0.6 is 0 Å². The van der Waals surface area contributed by atoms with Gasteiger partial charge in [-0.05, 0) is 42.4 Å². The summed E-state index contributed by atoms with van der Waals surface area (Å²) in [6.07, 6.45) is 7.35. The number of ether oxygens (including phenoxy) is 1. The van der Waals surface area contributed by atoms with Crippen LogP contribution in [0.2, 0.25) is 0 Å². The lowest BCUT2D eigenvalue weighted by molar-refractivity contribution is 0.0896. The molecule has 0 unspecified atom stereocenters. The van der Waals surface area contributed by atoms with Crippen LogP contribution in [0.5, 0.6) is 5.75 Å². The van der Waals surface area contributed by atoms with E-state index in [4.69, 9.17) is 4.74 Å². The third kappa shape index (κ3) is 4.97. The van der Waals surface area contributed by atoms with Crippen LogP contribution in [-0.4, -0.2) is 34.2 Å². The number of carbonyl (C=O) groups excluding carboxylic acids is 1. The molecule has 0 bridgehead atoms. The first kappa shape index (κ1) is 19.8. The number of hydrogen-bond donors (Lipinski definition) is 1. The Bertz CT molecular complexity index is 719. The van der Waals surface area contributed by atoms with Crippen LogP contribution in [-0.2, 0) is 9.84 Å². The molecule has 1 aromatic carbocycles. The minimum atomic E-state index is -3.38. The predicted molar refractivity (Wildman–Crippen MR) is 98.8 cm³/mol. The minimum absolute atomic E-state index is 0.0117. The second-order valence-corrected chi connectivity index (χ2v) is 9.66. The van der Waals surface area contributed by atoms with E-state index in [2.05, 4.69) is 19.2 Å². The number of amides is 1. The zero-order valence-corrected chi connectivity index (χ0v) is 16.4. The summed E-state index contributed by atoms with van der Waals surface area (Å²) in [7, 11) is -1.91. The van der Waals surface area contributed by atoms with Gasteiger partial charge in [0, 0.05) is 12.8 Å². The second kappa shape index (κ2) is 7.77. The molecule has 0 aliphatic heterocycles. The Labute approximate surface area is 151 Å². The van der Waals surface area contributed by atoms with Gasteiger partial charge in [-0.2, -0.15) is 0 Å². The van der Waals surface area contributed by atoms with Crippen LogP contribution < -0.4 is 10.1 Å². The molecule has 1 aromatic rings. The Hall–Kier alpha value is -1.56. The summed E-state index contributed by atoms with van der Waals surface area (Å²) in [6, 6.07) is 4.37. The highest BCUT2D eigenvalue weighted by Crippen LogP contribution is 2.37. The maximum atomic E-state index is 12.6. The van der Waals surface area contributed by atoms with Crippen molar-refractivity contribution in [2.45, 2.75) is 50.8 Å². The number of hydrogen-bond acceptors (Lipinski definition) is 4. The topological polar surface area (TPSA) is 72.5 Å². The van der Waals surface area contributed by atoms with E-state index in [-0.39, 0.29) is 21.8 Å². The molecule has 0 spiro atoms. The molecule has 0 aromatic heterocycles. The average molecular weight is 368 g/mol. The van der Waals surface area contributed by atoms with E-state index >= 15 is 0 Å². The van der Waals surface area contributed by atoms with Crippen molar-refractivity contribution in [1.29, 1.82) is 0 Å². The van der Waals surface area contributed by atoms with Crippen molar-refractivity contribution in [1.82, 2.24) is 5.32 Å². The smallest absolute Gasteiger partial charge is 0.255 e. The van der Waals surface area contributed by atoms with E-state index in [1.165, 1.54) is 57.4 Å². The normalized spacial score (nSPS) is 16.5. The number of benzene rings is 1. The van der Waals surface area contributed by atoms with Gasteiger partial charge in [-0.1, -0.05) is 33.1 Å². The molecular weight excluding hydrogens is 338 g/mol. The SMILES string of the molecule is COc1ccc(S(C)(=O)=O)cc1C(=O)NCC(C)(C)C1CCCCC1. The van der Waals surface area contributed by atoms with Gasteiger partial charge in [0.05, 0.1) is 17.6 Å². The number of nitrogens with one attached hydrogen (secondary N) is 1. The Morgan fingerprint density at radius 2 is 1.88 bits per heavy atom. The number of rotatable bonds is 6. The highest BCUT2D eigenvalue weighted by Gasteiger charge is 2.31. The Balaban J connectivity index is 2.14. The molecule has 6 heteroatoms. The van der Waals surface area contributed by atoms with E-state index in [9.17, 15) is 13.2 Å². The van der Waals surface area contributed by atoms with E-state index in [1.54, 1.807) is 0 Å². The fourth-order valence-corrected chi connectivity index (χ4v) is 4.17. The van der Waals surface area contributed by atoms with Gasteiger partial charge in [0.2, 0.25) is 0 Å². The summed E-state index contributed by atoms with van der Waals surface area (Å²) < 4.78 is 28.7. The number of methoxy groups -OCH3 is 1. The summed E-state index contributed by atoms with van der Waals surface area (Å²) in [5, 5.41) is 2.98. The van der Waals surface area contributed by atoms with E-state index < -0.39 is 9.84 Å². The van der Waals surface area contributed by atoms with Gasteiger partial charge in [0.25, 0.3) is 5.91 Å². The Morgan fingerprint density at radius 3 is 2.44 bits per heavy atom. The third-order valence-corrected chi connectivity index (χ3v) is 6.37. The van der Waals surface area contributed by atoms with Crippen LogP contribution in [0.25, 0.3) is 0 Å². The molecule has 1 N–H and O–H groups in total. The molecule has 1 aliphatic carbocycles. The molecule has 25 heavy (non-hydrogen) atoms. The van der Waals surface area contributed by atoms with Crippen molar-refractivity contribution in [3.05, 3.63) is 23.8 Å². The molecule has 0 radical (unpaired) electrons. The first-order chi connectivity index (χ1) is 11.6. The highest BCUT2D eigenvalue weighted by atomic mass is 32.2. The van der Waals surface area contributed by atoms with E-state index in [0.29, 0.717) is 18.2 Å². The summed E-state index contributed by atoms with van der Waals surface area (Å²) in [6.45, 7) is 4.93. The lowest BCUT2D eigenvalue weighted by Gasteiger charge is -2.37. The molecular formula is C19H29NO4S. The molecule has 2 rings (SSSR count). The molecule has 1 fully saturated rings. The maximum absolute atomic E-state index is 12.6. The van der Waals surface area contributed by atoms with Crippen LogP contribution in [0, 0.1) is 11.3 Å². The monoisotopic (exact) mass is 367 g/mol. The summed E-state index contributed by atoms with van der Waals surface area (Å²) in [5.74, 6) is 0.678. The first-order valence-electron chi connectivity index (χ1n) is 8.81. The lowest BCUT2D eigenvalue weighted by Crippen LogP contribution is -2.39. The van der Waals surface area contributed by atoms with Gasteiger partial charge in [0.15, 0.2) is 9.84 Å². The summed E-state index contributed by atoms with van der Waals surface area (Å²) >= 11 is 0. The van der Waals surface area contributed by atoms with Crippen LogP contribution in [0.3, 0.4) is 0 Å². The predicted octanol–water partition coefficient (Wildman–Crippen LogP) is 3.44. The van der Waals surface area contributed by atoms with Crippen LogP contribution in [0.15, 0.2) is 23.1 Å². The average Bonchev–Trinajstić information content (AvgIpc) is 2.59. The van der Waals surface area contributed by atoms with Gasteiger partial charge < -0.3 is 10.1 Å². The lowest BCUT2D eigenvalue weighted by atomic mass is 9.71. The van der Waals surface area contributed by atoms with Gasteiger partial charge in [0.1, 0.15) is 5.75 Å². The fourth-order valence-electron chi connectivity index (χ4n) is 3.53. The van der Waals surface area contributed by atoms with E-state index in [1.807, 2.05) is 0 Å².